The maximum Gasteiger partial charge on any atom is 0.143 e. The van der Waals surface area contributed by atoms with E-state index >= 15 is 0 Å². The maximum absolute atomic E-state index is 6.19. The molecule has 2 heterocycles. The molecule has 0 saturated carbocycles. The molecule has 104 valence electrons. The Hall–Kier alpha value is -0.930. The van der Waals surface area contributed by atoms with Gasteiger partial charge in [-0.2, -0.15) is 0 Å². The van der Waals surface area contributed by atoms with Crippen LogP contribution in [0.25, 0.3) is 0 Å². The van der Waals surface area contributed by atoms with Gasteiger partial charge in [-0.3, -0.25) is 4.90 Å². The molecule has 19 heavy (non-hydrogen) atoms. The number of hydrogen-bond donors (Lipinski definition) is 0. The van der Waals surface area contributed by atoms with E-state index in [4.69, 9.17) is 16.3 Å². The van der Waals surface area contributed by atoms with Crippen molar-refractivity contribution < 1.29 is 4.74 Å². The number of rotatable bonds is 2. The largest absolute Gasteiger partial charge is 0.495 e. The summed E-state index contributed by atoms with van der Waals surface area (Å²) in [4.78, 5) is 5.07. The molecule has 2 fully saturated rings. The van der Waals surface area contributed by atoms with Gasteiger partial charge in [-0.25, -0.2) is 0 Å². The second kappa shape index (κ2) is 5.22. The van der Waals surface area contributed by atoms with Gasteiger partial charge in [0.15, 0.2) is 0 Å². The molecule has 1 aromatic rings. The molecule has 3 rings (SSSR count). The number of piperazine rings is 1. The first-order valence-corrected chi connectivity index (χ1v) is 7.40. The molecule has 1 atom stereocenters. The van der Waals surface area contributed by atoms with Crippen LogP contribution in [0.15, 0.2) is 12.1 Å². The third-order valence-corrected chi connectivity index (χ3v) is 4.80. The second-order valence-electron chi connectivity index (χ2n) is 5.55. The molecule has 1 unspecified atom stereocenters. The summed E-state index contributed by atoms with van der Waals surface area (Å²) in [6, 6.07) is 4.81. The van der Waals surface area contributed by atoms with Gasteiger partial charge >= 0.3 is 0 Å². The van der Waals surface area contributed by atoms with E-state index in [2.05, 4.69) is 22.8 Å². The molecule has 0 N–H and O–H groups in total. The number of hydrogen-bond acceptors (Lipinski definition) is 3. The highest BCUT2D eigenvalue weighted by atomic mass is 35.5. The highest BCUT2D eigenvalue weighted by Crippen LogP contribution is 2.35. The van der Waals surface area contributed by atoms with Crippen molar-refractivity contribution >= 4 is 17.3 Å². The quantitative estimate of drug-likeness (QED) is 0.828. The number of aryl methyl sites for hydroxylation is 1. The molecule has 0 amide bonds. The Morgan fingerprint density at radius 3 is 2.89 bits per heavy atom. The average Bonchev–Trinajstić information content (AvgIpc) is 2.88. The van der Waals surface area contributed by atoms with Crippen molar-refractivity contribution in [2.75, 3.05) is 38.2 Å². The molecular formula is C15H21ClN2O. The Labute approximate surface area is 120 Å². The number of anilines is 1. The van der Waals surface area contributed by atoms with Crippen LogP contribution in [0, 0.1) is 6.92 Å². The van der Waals surface area contributed by atoms with Gasteiger partial charge in [0.05, 0.1) is 12.8 Å². The fourth-order valence-electron chi connectivity index (χ4n) is 3.27. The molecule has 2 saturated heterocycles. The number of benzene rings is 1. The van der Waals surface area contributed by atoms with Crippen LogP contribution in [0.5, 0.6) is 5.75 Å². The molecule has 0 aliphatic carbocycles. The lowest BCUT2D eigenvalue weighted by Gasteiger charge is -2.39. The Morgan fingerprint density at radius 1 is 1.26 bits per heavy atom. The second-order valence-corrected chi connectivity index (χ2v) is 5.96. The number of methoxy groups -OCH3 is 1. The summed E-state index contributed by atoms with van der Waals surface area (Å²) in [5, 5.41) is 0.778. The van der Waals surface area contributed by atoms with Crippen LogP contribution in [0.4, 0.5) is 5.69 Å². The van der Waals surface area contributed by atoms with Crippen LogP contribution >= 0.6 is 11.6 Å². The van der Waals surface area contributed by atoms with Crippen LogP contribution in [-0.2, 0) is 0 Å². The van der Waals surface area contributed by atoms with E-state index in [0.29, 0.717) is 0 Å². The summed E-state index contributed by atoms with van der Waals surface area (Å²) in [6.07, 6.45) is 2.67. The number of halogens is 1. The smallest absolute Gasteiger partial charge is 0.143 e. The van der Waals surface area contributed by atoms with Crippen LogP contribution < -0.4 is 9.64 Å². The highest BCUT2D eigenvalue weighted by Gasteiger charge is 2.31. The molecule has 0 aromatic heterocycles. The zero-order valence-corrected chi connectivity index (χ0v) is 12.4. The van der Waals surface area contributed by atoms with Gasteiger partial charge in [-0.15, -0.1) is 0 Å². The molecule has 2 aliphatic rings. The predicted molar refractivity (Wildman–Crippen MR) is 79.5 cm³/mol. The normalized spacial score (nSPS) is 23.5. The summed E-state index contributed by atoms with van der Waals surface area (Å²) in [5.41, 5.74) is 2.31. The summed E-state index contributed by atoms with van der Waals surface area (Å²) in [5.74, 6) is 0.891. The first-order chi connectivity index (χ1) is 9.19. The minimum atomic E-state index is 0.717. The molecule has 0 radical (unpaired) electrons. The molecule has 0 bridgehead atoms. The summed E-state index contributed by atoms with van der Waals surface area (Å²) < 4.78 is 5.51. The van der Waals surface area contributed by atoms with Gasteiger partial charge in [0.2, 0.25) is 0 Å². The standard InChI is InChI=1S/C15H21ClN2O/c1-11-8-14(15(19-2)9-13(11)16)18-7-6-17-5-3-4-12(17)10-18/h8-9,12H,3-7,10H2,1-2H3. The molecule has 4 heteroatoms. The highest BCUT2D eigenvalue weighted by molar-refractivity contribution is 6.31. The fourth-order valence-corrected chi connectivity index (χ4v) is 3.42. The predicted octanol–water partition coefficient (Wildman–Crippen LogP) is 2.94. The SMILES string of the molecule is COc1cc(Cl)c(C)cc1N1CCN2CCCC2C1. The van der Waals surface area contributed by atoms with Gasteiger partial charge in [-0.05, 0) is 37.9 Å². The van der Waals surface area contributed by atoms with E-state index in [-0.39, 0.29) is 0 Å². The van der Waals surface area contributed by atoms with E-state index in [0.717, 1.165) is 42.0 Å². The van der Waals surface area contributed by atoms with E-state index in [1.54, 1.807) is 7.11 Å². The van der Waals surface area contributed by atoms with Gasteiger partial charge in [0, 0.05) is 36.8 Å². The third-order valence-electron chi connectivity index (χ3n) is 4.39. The van der Waals surface area contributed by atoms with E-state index in [9.17, 15) is 0 Å². The number of ether oxygens (including phenoxy) is 1. The van der Waals surface area contributed by atoms with Gasteiger partial charge in [0.1, 0.15) is 5.75 Å². The van der Waals surface area contributed by atoms with Crippen molar-refractivity contribution in [3.8, 4) is 5.75 Å². The lowest BCUT2D eigenvalue weighted by Crippen LogP contribution is -2.50. The Morgan fingerprint density at radius 2 is 2.11 bits per heavy atom. The van der Waals surface area contributed by atoms with Crippen molar-refractivity contribution in [3.63, 3.8) is 0 Å². The Kier molecular flexibility index (Phi) is 3.59. The summed E-state index contributed by atoms with van der Waals surface area (Å²) in [7, 11) is 1.72. The van der Waals surface area contributed by atoms with Gasteiger partial charge in [0.25, 0.3) is 0 Å². The fraction of sp³-hybridized carbons (Fsp3) is 0.600. The van der Waals surface area contributed by atoms with Crippen molar-refractivity contribution in [1.29, 1.82) is 0 Å². The van der Waals surface area contributed by atoms with Crippen molar-refractivity contribution in [1.82, 2.24) is 4.90 Å². The maximum atomic E-state index is 6.19. The molecule has 1 aromatic carbocycles. The van der Waals surface area contributed by atoms with E-state index in [1.807, 2.05) is 6.07 Å². The third kappa shape index (κ3) is 2.41. The Balaban J connectivity index is 1.87. The molecule has 2 aliphatic heterocycles. The van der Waals surface area contributed by atoms with Crippen molar-refractivity contribution in [2.45, 2.75) is 25.8 Å². The molecular weight excluding hydrogens is 260 g/mol. The Bertz CT molecular complexity index is 477. The topological polar surface area (TPSA) is 15.7 Å². The zero-order chi connectivity index (χ0) is 13.4. The lowest BCUT2D eigenvalue weighted by atomic mass is 10.1. The van der Waals surface area contributed by atoms with E-state index < -0.39 is 0 Å². The van der Waals surface area contributed by atoms with Gasteiger partial charge < -0.3 is 9.64 Å². The lowest BCUT2D eigenvalue weighted by molar-refractivity contribution is 0.230. The van der Waals surface area contributed by atoms with Gasteiger partial charge in [-0.1, -0.05) is 11.6 Å². The summed E-state index contributed by atoms with van der Waals surface area (Å²) >= 11 is 6.19. The van der Waals surface area contributed by atoms with Crippen LogP contribution in [-0.4, -0.2) is 44.2 Å². The average molecular weight is 281 g/mol. The monoisotopic (exact) mass is 280 g/mol. The van der Waals surface area contributed by atoms with Crippen molar-refractivity contribution in [3.05, 3.63) is 22.7 Å². The number of nitrogens with zero attached hydrogens (tertiary/aromatic N) is 2. The minimum absolute atomic E-state index is 0.717. The summed E-state index contributed by atoms with van der Waals surface area (Å²) in [6.45, 7) is 6.67. The first-order valence-electron chi connectivity index (χ1n) is 7.02. The number of fused-ring (bicyclic) bond motifs is 1. The van der Waals surface area contributed by atoms with Crippen molar-refractivity contribution in [2.24, 2.45) is 0 Å². The van der Waals surface area contributed by atoms with Crippen LogP contribution in [0.3, 0.4) is 0 Å². The molecule has 3 nitrogen and oxygen atoms in total. The zero-order valence-electron chi connectivity index (χ0n) is 11.7. The molecule has 0 spiro atoms. The first kappa shape index (κ1) is 13.1. The van der Waals surface area contributed by atoms with Crippen LogP contribution in [0.2, 0.25) is 5.02 Å². The van der Waals surface area contributed by atoms with Crippen LogP contribution in [0.1, 0.15) is 18.4 Å². The minimum Gasteiger partial charge on any atom is -0.495 e. The van der Waals surface area contributed by atoms with E-state index in [1.165, 1.54) is 25.1 Å².